The first-order valence-corrected chi connectivity index (χ1v) is 9.69. The summed E-state index contributed by atoms with van der Waals surface area (Å²) < 4.78 is 7.39. The Balaban J connectivity index is 1.76. The van der Waals surface area contributed by atoms with Crippen molar-refractivity contribution in [2.45, 2.75) is 46.0 Å². The minimum absolute atomic E-state index is 0.325. The minimum atomic E-state index is -0.494. The van der Waals surface area contributed by atoms with Gasteiger partial charge >= 0.3 is 6.09 Å². The van der Waals surface area contributed by atoms with E-state index in [0.717, 1.165) is 30.2 Å². The molecule has 2 aromatic rings. The fraction of sp³-hybridized carbons (Fsp3) is 0.476. The molecule has 2 N–H and O–H groups in total. The van der Waals surface area contributed by atoms with Crippen molar-refractivity contribution in [3.8, 4) is 0 Å². The lowest BCUT2D eigenvalue weighted by Crippen LogP contribution is -2.38. The highest BCUT2D eigenvalue weighted by molar-refractivity contribution is 5.79. The molecule has 0 saturated carbocycles. The van der Waals surface area contributed by atoms with Crippen molar-refractivity contribution < 1.29 is 9.53 Å². The van der Waals surface area contributed by atoms with Gasteiger partial charge in [0.2, 0.25) is 0 Å². The van der Waals surface area contributed by atoms with Gasteiger partial charge in [0.05, 0.1) is 6.33 Å². The number of guanidine groups is 1. The quantitative estimate of drug-likeness (QED) is 0.551. The van der Waals surface area contributed by atoms with Crippen molar-refractivity contribution in [1.29, 1.82) is 0 Å². The SMILES string of the molecule is CN=C(NCCn1ccnc1)NCc1ccc(CN(C)C(=O)OC(C)(C)C)cc1. The molecule has 1 heterocycles. The lowest BCUT2D eigenvalue weighted by molar-refractivity contribution is 0.0285. The van der Waals surface area contributed by atoms with Gasteiger partial charge in [0.25, 0.3) is 0 Å². The summed E-state index contributed by atoms with van der Waals surface area (Å²) in [4.78, 5) is 21.9. The van der Waals surface area contributed by atoms with E-state index in [2.05, 4.69) is 20.6 Å². The number of carbonyl (C=O) groups excluding carboxylic acids is 1. The van der Waals surface area contributed by atoms with Crippen LogP contribution in [0.2, 0.25) is 0 Å². The normalized spacial score (nSPS) is 11.8. The summed E-state index contributed by atoms with van der Waals surface area (Å²) in [6, 6.07) is 8.13. The van der Waals surface area contributed by atoms with Gasteiger partial charge in [0.15, 0.2) is 5.96 Å². The zero-order valence-electron chi connectivity index (χ0n) is 18.0. The molecule has 1 aromatic heterocycles. The maximum absolute atomic E-state index is 12.1. The summed E-state index contributed by atoms with van der Waals surface area (Å²) in [7, 11) is 3.49. The van der Waals surface area contributed by atoms with Gasteiger partial charge in [-0.15, -0.1) is 0 Å². The van der Waals surface area contributed by atoms with E-state index in [4.69, 9.17) is 4.74 Å². The Hall–Kier alpha value is -3.03. The number of carbonyl (C=O) groups is 1. The van der Waals surface area contributed by atoms with Gasteiger partial charge < -0.3 is 24.8 Å². The molecule has 8 nitrogen and oxygen atoms in total. The highest BCUT2D eigenvalue weighted by Crippen LogP contribution is 2.12. The summed E-state index contributed by atoms with van der Waals surface area (Å²) in [6.45, 7) is 8.32. The van der Waals surface area contributed by atoms with Crippen molar-refractivity contribution in [3.63, 3.8) is 0 Å². The molecule has 0 aliphatic rings. The van der Waals surface area contributed by atoms with E-state index < -0.39 is 5.60 Å². The molecule has 1 aromatic carbocycles. The number of benzene rings is 1. The number of hydrogen-bond acceptors (Lipinski definition) is 4. The van der Waals surface area contributed by atoms with Crippen molar-refractivity contribution in [3.05, 3.63) is 54.1 Å². The molecule has 0 saturated heterocycles. The fourth-order valence-electron chi connectivity index (χ4n) is 2.57. The smallest absolute Gasteiger partial charge is 0.410 e. The van der Waals surface area contributed by atoms with Crippen LogP contribution in [0.3, 0.4) is 0 Å². The molecule has 0 atom stereocenters. The van der Waals surface area contributed by atoms with Crippen LogP contribution < -0.4 is 10.6 Å². The maximum atomic E-state index is 12.1. The lowest BCUT2D eigenvalue weighted by Gasteiger charge is -2.24. The Bertz CT molecular complexity index is 779. The predicted octanol–water partition coefficient (Wildman–Crippen LogP) is 2.62. The monoisotopic (exact) mass is 400 g/mol. The average Bonchev–Trinajstić information content (AvgIpc) is 3.17. The molecule has 0 aliphatic carbocycles. The zero-order chi connectivity index (χ0) is 21.3. The largest absolute Gasteiger partial charge is 0.444 e. The van der Waals surface area contributed by atoms with Crippen LogP contribution in [0.5, 0.6) is 0 Å². The highest BCUT2D eigenvalue weighted by Gasteiger charge is 2.19. The molecule has 0 aliphatic heterocycles. The van der Waals surface area contributed by atoms with E-state index in [1.807, 2.05) is 55.8 Å². The van der Waals surface area contributed by atoms with Gasteiger partial charge in [0, 0.05) is 52.7 Å². The molecule has 8 heteroatoms. The first-order chi connectivity index (χ1) is 13.8. The van der Waals surface area contributed by atoms with E-state index in [-0.39, 0.29) is 6.09 Å². The van der Waals surface area contributed by atoms with E-state index in [0.29, 0.717) is 13.1 Å². The molecule has 0 radical (unpaired) electrons. The Kier molecular flexibility index (Phi) is 8.06. The molecule has 0 bridgehead atoms. The van der Waals surface area contributed by atoms with Crippen LogP contribution in [0.4, 0.5) is 4.79 Å². The molecule has 0 spiro atoms. The van der Waals surface area contributed by atoms with Crippen LogP contribution in [-0.4, -0.2) is 52.7 Å². The second-order valence-electron chi connectivity index (χ2n) is 7.81. The number of ether oxygens (including phenoxy) is 1. The van der Waals surface area contributed by atoms with Gasteiger partial charge in [-0.3, -0.25) is 4.99 Å². The number of aliphatic imine (C=N–C) groups is 1. The summed E-state index contributed by atoms with van der Waals surface area (Å²) in [5, 5.41) is 6.58. The Labute approximate surface area is 173 Å². The topological polar surface area (TPSA) is 83.8 Å². The Morgan fingerprint density at radius 2 is 1.90 bits per heavy atom. The molecule has 1 amide bonds. The van der Waals surface area contributed by atoms with Crippen LogP contribution in [0.15, 0.2) is 48.0 Å². The summed E-state index contributed by atoms with van der Waals surface area (Å²) >= 11 is 0. The molecule has 158 valence electrons. The minimum Gasteiger partial charge on any atom is -0.444 e. The van der Waals surface area contributed by atoms with Crippen LogP contribution >= 0.6 is 0 Å². The fourth-order valence-corrected chi connectivity index (χ4v) is 2.57. The summed E-state index contributed by atoms with van der Waals surface area (Å²) in [5.41, 5.74) is 1.68. The van der Waals surface area contributed by atoms with Crippen LogP contribution in [-0.2, 0) is 24.4 Å². The van der Waals surface area contributed by atoms with Crippen LogP contribution in [0.25, 0.3) is 0 Å². The number of nitrogens with zero attached hydrogens (tertiary/aromatic N) is 4. The van der Waals surface area contributed by atoms with Gasteiger partial charge in [0.1, 0.15) is 5.60 Å². The lowest BCUT2D eigenvalue weighted by atomic mass is 10.1. The summed E-state index contributed by atoms with van der Waals surface area (Å²) in [5.74, 6) is 0.749. The molecule has 2 rings (SSSR count). The van der Waals surface area contributed by atoms with Gasteiger partial charge in [-0.1, -0.05) is 24.3 Å². The number of amides is 1. The molecular formula is C21H32N6O2. The molecule has 0 fully saturated rings. The molecule has 0 unspecified atom stereocenters. The second kappa shape index (κ2) is 10.5. The van der Waals surface area contributed by atoms with E-state index in [1.54, 1.807) is 31.5 Å². The van der Waals surface area contributed by atoms with Crippen molar-refractivity contribution in [2.24, 2.45) is 4.99 Å². The first-order valence-electron chi connectivity index (χ1n) is 9.69. The standard InChI is InChI=1S/C21H32N6O2/c1-21(2,3)29-20(28)26(5)15-18-8-6-17(7-9-18)14-25-19(22-4)24-11-13-27-12-10-23-16-27/h6-10,12,16H,11,13-15H2,1-5H3,(H2,22,24,25). The number of hydrogen-bond donors (Lipinski definition) is 2. The summed E-state index contributed by atoms with van der Waals surface area (Å²) in [6.07, 6.45) is 5.16. The molecular weight excluding hydrogens is 368 g/mol. The van der Waals surface area contributed by atoms with E-state index >= 15 is 0 Å². The van der Waals surface area contributed by atoms with Crippen molar-refractivity contribution >= 4 is 12.1 Å². The van der Waals surface area contributed by atoms with Crippen molar-refractivity contribution in [1.82, 2.24) is 25.1 Å². The Morgan fingerprint density at radius 3 is 2.48 bits per heavy atom. The number of imidazole rings is 1. The van der Waals surface area contributed by atoms with E-state index in [1.165, 1.54) is 0 Å². The predicted molar refractivity (Wildman–Crippen MR) is 115 cm³/mol. The average molecular weight is 401 g/mol. The second-order valence-corrected chi connectivity index (χ2v) is 7.81. The van der Waals surface area contributed by atoms with Gasteiger partial charge in [-0.2, -0.15) is 0 Å². The zero-order valence-corrected chi connectivity index (χ0v) is 18.0. The first kappa shape index (κ1) is 22.3. The van der Waals surface area contributed by atoms with Crippen LogP contribution in [0, 0.1) is 0 Å². The Morgan fingerprint density at radius 1 is 1.21 bits per heavy atom. The third kappa shape index (κ3) is 8.25. The highest BCUT2D eigenvalue weighted by atomic mass is 16.6. The number of nitrogens with one attached hydrogen (secondary N) is 2. The molecule has 29 heavy (non-hydrogen) atoms. The third-order valence-electron chi connectivity index (χ3n) is 4.05. The van der Waals surface area contributed by atoms with Crippen molar-refractivity contribution in [2.75, 3.05) is 20.6 Å². The third-order valence-corrected chi connectivity index (χ3v) is 4.05. The van der Waals surface area contributed by atoms with E-state index in [9.17, 15) is 4.79 Å². The maximum Gasteiger partial charge on any atom is 0.410 e. The number of aromatic nitrogens is 2. The van der Waals surface area contributed by atoms with Gasteiger partial charge in [-0.25, -0.2) is 9.78 Å². The number of rotatable bonds is 7. The van der Waals surface area contributed by atoms with Crippen LogP contribution in [0.1, 0.15) is 31.9 Å². The van der Waals surface area contributed by atoms with Gasteiger partial charge in [-0.05, 0) is 31.9 Å².